The summed E-state index contributed by atoms with van der Waals surface area (Å²) < 4.78 is 0. The maximum atomic E-state index is 12.7. The van der Waals surface area contributed by atoms with Crippen molar-refractivity contribution in [1.82, 2.24) is 10.2 Å². The molecule has 3 heteroatoms. The minimum absolute atomic E-state index is 0.0178. The van der Waals surface area contributed by atoms with Gasteiger partial charge in [0.1, 0.15) is 6.17 Å². The zero-order valence-electron chi connectivity index (χ0n) is 13.9. The Morgan fingerprint density at radius 3 is 2.24 bits per heavy atom. The SMILES string of the molecule is Cc1ccc(C2NC(CC(C)C)C(=O)N2CC(C)C)cc1. The van der Waals surface area contributed by atoms with Crippen molar-refractivity contribution in [2.24, 2.45) is 11.8 Å². The summed E-state index contributed by atoms with van der Waals surface area (Å²) in [6.07, 6.45) is 0.916. The molecule has 0 spiro atoms. The molecule has 0 saturated carbocycles. The summed E-state index contributed by atoms with van der Waals surface area (Å²) in [5, 5.41) is 3.54. The van der Waals surface area contributed by atoms with Crippen LogP contribution in [0.25, 0.3) is 0 Å². The van der Waals surface area contributed by atoms with E-state index >= 15 is 0 Å². The summed E-state index contributed by atoms with van der Waals surface area (Å²) in [4.78, 5) is 14.7. The van der Waals surface area contributed by atoms with Crippen molar-refractivity contribution in [1.29, 1.82) is 0 Å². The van der Waals surface area contributed by atoms with Crippen molar-refractivity contribution >= 4 is 5.91 Å². The Labute approximate surface area is 128 Å². The van der Waals surface area contributed by atoms with E-state index in [1.807, 2.05) is 4.90 Å². The topological polar surface area (TPSA) is 32.3 Å². The van der Waals surface area contributed by atoms with Crippen LogP contribution in [0.15, 0.2) is 24.3 Å². The lowest BCUT2D eigenvalue weighted by molar-refractivity contribution is -0.130. The molecule has 0 aromatic heterocycles. The smallest absolute Gasteiger partial charge is 0.241 e. The Hall–Kier alpha value is -1.35. The summed E-state index contributed by atoms with van der Waals surface area (Å²) in [7, 11) is 0. The second-order valence-electron chi connectivity index (χ2n) is 7.05. The summed E-state index contributed by atoms with van der Waals surface area (Å²) in [6.45, 7) is 11.6. The number of hydrogen-bond acceptors (Lipinski definition) is 2. The third-order valence-corrected chi connectivity index (χ3v) is 3.91. The fraction of sp³-hybridized carbons (Fsp3) is 0.611. The molecule has 1 N–H and O–H groups in total. The van der Waals surface area contributed by atoms with Gasteiger partial charge in [0.25, 0.3) is 0 Å². The van der Waals surface area contributed by atoms with Crippen molar-refractivity contribution in [2.75, 3.05) is 6.54 Å². The number of carbonyl (C=O) groups excluding carboxylic acids is 1. The van der Waals surface area contributed by atoms with Gasteiger partial charge in [-0.3, -0.25) is 10.1 Å². The van der Waals surface area contributed by atoms with Crippen LogP contribution >= 0.6 is 0 Å². The quantitative estimate of drug-likeness (QED) is 0.899. The number of rotatable bonds is 5. The van der Waals surface area contributed by atoms with Crippen LogP contribution in [0.3, 0.4) is 0 Å². The highest BCUT2D eigenvalue weighted by atomic mass is 16.2. The number of benzene rings is 1. The number of nitrogens with one attached hydrogen (secondary N) is 1. The zero-order valence-corrected chi connectivity index (χ0v) is 13.9. The third-order valence-electron chi connectivity index (χ3n) is 3.91. The van der Waals surface area contributed by atoms with E-state index in [1.165, 1.54) is 11.1 Å². The molecular formula is C18H28N2O. The van der Waals surface area contributed by atoms with E-state index in [4.69, 9.17) is 0 Å². The molecule has 1 aliphatic heterocycles. The third kappa shape index (κ3) is 3.85. The molecule has 116 valence electrons. The van der Waals surface area contributed by atoms with E-state index in [1.54, 1.807) is 0 Å². The molecule has 21 heavy (non-hydrogen) atoms. The molecule has 0 aliphatic carbocycles. The van der Waals surface area contributed by atoms with E-state index in [-0.39, 0.29) is 18.1 Å². The van der Waals surface area contributed by atoms with Crippen molar-refractivity contribution in [2.45, 2.75) is 53.2 Å². The molecular weight excluding hydrogens is 260 g/mol. The predicted octanol–water partition coefficient (Wildman–Crippen LogP) is 3.50. The van der Waals surface area contributed by atoms with Crippen LogP contribution in [-0.4, -0.2) is 23.4 Å². The lowest BCUT2D eigenvalue weighted by Gasteiger charge is -2.26. The van der Waals surface area contributed by atoms with Crippen LogP contribution < -0.4 is 5.32 Å². The van der Waals surface area contributed by atoms with Gasteiger partial charge in [0.15, 0.2) is 0 Å². The van der Waals surface area contributed by atoms with Gasteiger partial charge in [-0.05, 0) is 30.7 Å². The van der Waals surface area contributed by atoms with Gasteiger partial charge < -0.3 is 4.90 Å². The first kappa shape index (κ1) is 16.0. The first-order valence-electron chi connectivity index (χ1n) is 8.01. The van der Waals surface area contributed by atoms with Gasteiger partial charge in [0.2, 0.25) is 5.91 Å². The molecule has 1 saturated heterocycles. The average molecular weight is 288 g/mol. The number of carbonyl (C=O) groups is 1. The van der Waals surface area contributed by atoms with E-state index in [0.29, 0.717) is 11.8 Å². The van der Waals surface area contributed by atoms with Crippen molar-refractivity contribution in [3.05, 3.63) is 35.4 Å². The number of aryl methyl sites for hydroxylation is 1. The first-order chi connectivity index (χ1) is 9.88. The van der Waals surface area contributed by atoms with E-state index in [2.05, 4.69) is 64.2 Å². The number of amides is 1. The van der Waals surface area contributed by atoms with Crippen LogP contribution in [0.1, 0.15) is 51.4 Å². The molecule has 1 aromatic rings. The Bertz CT molecular complexity index is 478. The fourth-order valence-corrected chi connectivity index (χ4v) is 2.93. The van der Waals surface area contributed by atoms with Crippen LogP contribution in [-0.2, 0) is 4.79 Å². The highest BCUT2D eigenvalue weighted by Crippen LogP contribution is 2.28. The van der Waals surface area contributed by atoms with Crippen LogP contribution in [0.2, 0.25) is 0 Å². The molecule has 2 atom stereocenters. The van der Waals surface area contributed by atoms with Crippen molar-refractivity contribution < 1.29 is 4.79 Å². The summed E-state index contributed by atoms with van der Waals surface area (Å²) in [6, 6.07) is 8.45. The average Bonchev–Trinajstić information content (AvgIpc) is 2.68. The Kier molecular flexibility index (Phi) is 5.04. The minimum Gasteiger partial charge on any atom is -0.321 e. The zero-order chi connectivity index (χ0) is 15.6. The predicted molar refractivity (Wildman–Crippen MR) is 86.8 cm³/mol. The number of nitrogens with zero attached hydrogens (tertiary/aromatic N) is 1. The van der Waals surface area contributed by atoms with E-state index in [0.717, 1.165) is 13.0 Å². The van der Waals surface area contributed by atoms with Gasteiger partial charge in [-0.1, -0.05) is 57.5 Å². The van der Waals surface area contributed by atoms with Crippen molar-refractivity contribution in [3.8, 4) is 0 Å². The van der Waals surface area contributed by atoms with Gasteiger partial charge in [-0.25, -0.2) is 0 Å². The Balaban J connectivity index is 2.23. The summed E-state index contributed by atoms with van der Waals surface area (Å²) >= 11 is 0. The molecule has 2 rings (SSSR count). The standard InChI is InChI=1S/C18H28N2O/c1-12(2)10-16-18(21)20(11-13(3)4)17(19-16)15-8-6-14(5)7-9-15/h6-9,12-13,16-17,19H,10-11H2,1-5H3. The molecule has 3 nitrogen and oxygen atoms in total. The van der Waals surface area contributed by atoms with Gasteiger partial charge >= 0.3 is 0 Å². The molecule has 1 fully saturated rings. The molecule has 1 aliphatic rings. The van der Waals surface area contributed by atoms with Gasteiger partial charge in [0.05, 0.1) is 6.04 Å². The minimum atomic E-state index is -0.0462. The maximum absolute atomic E-state index is 12.7. The van der Waals surface area contributed by atoms with E-state index < -0.39 is 0 Å². The number of hydrogen-bond donors (Lipinski definition) is 1. The lowest BCUT2D eigenvalue weighted by atomic mass is 10.0. The van der Waals surface area contributed by atoms with Crippen LogP contribution in [0.5, 0.6) is 0 Å². The Morgan fingerprint density at radius 1 is 1.10 bits per heavy atom. The molecule has 1 aromatic carbocycles. The largest absolute Gasteiger partial charge is 0.321 e. The van der Waals surface area contributed by atoms with Gasteiger partial charge in [-0.2, -0.15) is 0 Å². The summed E-state index contributed by atoms with van der Waals surface area (Å²) in [5.41, 5.74) is 2.43. The first-order valence-corrected chi connectivity index (χ1v) is 8.01. The molecule has 1 heterocycles. The second kappa shape index (κ2) is 6.61. The van der Waals surface area contributed by atoms with Crippen LogP contribution in [0, 0.1) is 18.8 Å². The maximum Gasteiger partial charge on any atom is 0.241 e. The van der Waals surface area contributed by atoms with Gasteiger partial charge in [-0.15, -0.1) is 0 Å². The summed E-state index contributed by atoms with van der Waals surface area (Å²) in [5.74, 6) is 1.24. The highest BCUT2D eigenvalue weighted by Gasteiger charge is 2.39. The Morgan fingerprint density at radius 2 is 1.71 bits per heavy atom. The molecule has 0 radical (unpaired) electrons. The van der Waals surface area contributed by atoms with Crippen molar-refractivity contribution in [3.63, 3.8) is 0 Å². The normalized spacial score (nSPS) is 22.6. The van der Waals surface area contributed by atoms with E-state index in [9.17, 15) is 4.79 Å². The van der Waals surface area contributed by atoms with Crippen LogP contribution in [0.4, 0.5) is 0 Å². The molecule has 1 amide bonds. The monoisotopic (exact) mass is 288 g/mol. The fourth-order valence-electron chi connectivity index (χ4n) is 2.93. The van der Waals surface area contributed by atoms with Gasteiger partial charge in [0, 0.05) is 6.54 Å². The highest BCUT2D eigenvalue weighted by molar-refractivity contribution is 5.84. The second-order valence-corrected chi connectivity index (χ2v) is 7.05. The lowest BCUT2D eigenvalue weighted by Crippen LogP contribution is -2.34. The molecule has 0 bridgehead atoms. The molecule has 2 unspecified atom stereocenters.